The van der Waals surface area contributed by atoms with Gasteiger partial charge >= 0.3 is 11.9 Å². The zero-order valence-electron chi connectivity index (χ0n) is 18.8. The lowest BCUT2D eigenvalue weighted by Crippen LogP contribution is -2.77. The van der Waals surface area contributed by atoms with Crippen LogP contribution in [0.2, 0.25) is 0 Å². The van der Waals surface area contributed by atoms with Gasteiger partial charge in [0.25, 0.3) is 0 Å². The first-order valence-electron chi connectivity index (χ1n) is 11.0. The van der Waals surface area contributed by atoms with E-state index in [1.54, 1.807) is 6.07 Å². The Labute approximate surface area is 206 Å². The molecule has 0 aliphatic carbocycles. The number of hydrogen-bond donors (Lipinski definition) is 1. The Balaban J connectivity index is 1.60. The monoisotopic (exact) mass is 493 g/mol. The van der Waals surface area contributed by atoms with E-state index in [4.69, 9.17) is 14.7 Å². The van der Waals surface area contributed by atoms with E-state index in [9.17, 15) is 19.2 Å². The number of β-lactam (4-membered cyclic amide) rings is 1. The summed E-state index contributed by atoms with van der Waals surface area (Å²) in [6.45, 7) is 1.23. The average Bonchev–Trinajstić information content (AvgIpc) is 2.86. The highest BCUT2D eigenvalue weighted by molar-refractivity contribution is 8.00. The third-order valence-corrected chi connectivity index (χ3v) is 7.08. The van der Waals surface area contributed by atoms with Crippen LogP contribution in [-0.4, -0.2) is 58.0 Å². The first kappa shape index (κ1) is 24.3. The maximum absolute atomic E-state index is 13.6. The Hall–Kier alpha value is -3.84. The second-order valence-corrected chi connectivity index (χ2v) is 9.23. The quantitative estimate of drug-likeness (QED) is 0.458. The SMILES string of the molecule is CC(=O)OC1CS[C@@H]2[C@H](NC(=O)CC#N)C(=O)N2[C@H]1C(=O)OC(c1ccccc1)c1ccccc1. The summed E-state index contributed by atoms with van der Waals surface area (Å²) in [5, 5.41) is 10.7. The van der Waals surface area contributed by atoms with Crippen molar-refractivity contribution in [1.82, 2.24) is 10.2 Å². The van der Waals surface area contributed by atoms with Gasteiger partial charge in [0.1, 0.15) is 23.9 Å². The number of amides is 2. The number of hydrogen-bond acceptors (Lipinski definition) is 8. The number of thioether (sulfide) groups is 1. The molecule has 2 fully saturated rings. The molecule has 1 N–H and O–H groups in total. The van der Waals surface area contributed by atoms with Gasteiger partial charge in [-0.1, -0.05) is 60.7 Å². The molecule has 0 spiro atoms. The number of nitrogens with one attached hydrogen (secondary N) is 1. The molecule has 4 atom stereocenters. The molecule has 35 heavy (non-hydrogen) atoms. The van der Waals surface area contributed by atoms with E-state index in [0.717, 1.165) is 11.1 Å². The molecule has 2 aliphatic heterocycles. The number of nitriles is 1. The smallest absolute Gasteiger partial charge is 0.333 e. The van der Waals surface area contributed by atoms with Gasteiger partial charge < -0.3 is 19.7 Å². The van der Waals surface area contributed by atoms with Crippen LogP contribution in [0.5, 0.6) is 0 Å². The molecule has 2 amide bonds. The van der Waals surface area contributed by atoms with Gasteiger partial charge in [-0.25, -0.2) is 4.79 Å². The van der Waals surface area contributed by atoms with Gasteiger partial charge in [0.05, 0.1) is 6.07 Å². The minimum atomic E-state index is -1.17. The van der Waals surface area contributed by atoms with Crippen molar-refractivity contribution in [3.05, 3.63) is 71.8 Å². The first-order chi connectivity index (χ1) is 16.9. The van der Waals surface area contributed by atoms with Crippen molar-refractivity contribution in [1.29, 1.82) is 5.26 Å². The van der Waals surface area contributed by atoms with Crippen molar-refractivity contribution in [2.24, 2.45) is 0 Å². The number of nitrogens with zero attached hydrogens (tertiary/aromatic N) is 2. The largest absolute Gasteiger partial charge is 0.459 e. The molecule has 9 nitrogen and oxygen atoms in total. The van der Waals surface area contributed by atoms with Crippen molar-refractivity contribution >= 4 is 35.5 Å². The molecule has 0 saturated carbocycles. The number of carbonyl (C=O) groups is 4. The predicted octanol–water partition coefficient (Wildman–Crippen LogP) is 1.93. The Morgan fingerprint density at radius 1 is 1.11 bits per heavy atom. The summed E-state index contributed by atoms with van der Waals surface area (Å²) in [5.41, 5.74) is 1.49. The summed E-state index contributed by atoms with van der Waals surface area (Å²) in [6, 6.07) is 18.1. The molecule has 180 valence electrons. The van der Waals surface area contributed by atoms with E-state index < -0.39 is 53.4 Å². The van der Waals surface area contributed by atoms with Gasteiger partial charge in [0.2, 0.25) is 11.8 Å². The van der Waals surface area contributed by atoms with Crippen LogP contribution in [0.25, 0.3) is 0 Å². The van der Waals surface area contributed by atoms with Crippen molar-refractivity contribution in [2.45, 2.75) is 43.0 Å². The fraction of sp³-hybridized carbons (Fsp3) is 0.320. The highest BCUT2D eigenvalue weighted by atomic mass is 32.2. The lowest BCUT2D eigenvalue weighted by molar-refractivity contribution is -0.178. The van der Waals surface area contributed by atoms with Gasteiger partial charge in [-0.2, -0.15) is 5.26 Å². The topological polar surface area (TPSA) is 126 Å². The van der Waals surface area contributed by atoms with Crippen molar-refractivity contribution in [3.63, 3.8) is 0 Å². The molecule has 2 aliphatic rings. The molecule has 4 rings (SSSR count). The average molecular weight is 494 g/mol. The molecule has 0 aromatic heterocycles. The van der Waals surface area contributed by atoms with Crippen LogP contribution in [0.3, 0.4) is 0 Å². The van der Waals surface area contributed by atoms with Crippen LogP contribution < -0.4 is 5.32 Å². The van der Waals surface area contributed by atoms with E-state index in [2.05, 4.69) is 5.32 Å². The highest BCUT2D eigenvalue weighted by Gasteiger charge is 2.59. The molecule has 2 aromatic carbocycles. The molecular formula is C25H23N3O6S. The van der Waals surface area contributed by atoms with Gasteiger partial charge in [-0.15, -0.1) is 11.8 Å². The van der Waals surface area contributed by atoms with Gasteiger partial charge in [-0.05, 0) is 11.1 Å². The summed E-state index contributed by atoms with van der Waals surface area (Å²) in [7, 11) is 0. The second-order valence-electron chi connectivity index (χ2n) is 8.08. The lowest BCUT2D eigenvalue weighted by Gasteiger charge is -2.54. The molecule has 10 heteroatoms. The van der Waals surface area contributed by atoms with E-state index in [0.29, 0.717) is 0 Å². The molecule has 1 unspecified atom stereocenters. The van der Waals surface area contributed by atoms with Crippen LogP contribution in [0.15, 0.2) is 60.7 Å². The summed E-state index contributed by atoms with van der Waals surface area (Å²) in [5.74, 6) is -2.13. The standard InChI is InChI=1S/C25H23N3O6S/c1-15(29)33-18-14-35-24-20(27-19(30)12-13-26)23(31)28(24)21(18)25(32)34-22(16-8-4-2-5-9-16)17-10-6-3-7-11-17/h2-11,18,20-22,24H,12,14H2,1H3,(H,27,30)/t18?,20-,21-,24-/m1/s1. The predicted molar refractivity (Wildman–Crippen MR) is 125 cm³/mol. The Kier molecular flexibility index (Phi) is 7.36. The van der Waals surface area contributed by atoms with E-state index in [1.165, 1.54) is 23.6 Å². The zero-order valence-corrected chi connectivity index (χ0v) is 19.6. The van der Waals surface area contributed by atoms with Crippen molar-refractivity contribution in [3.8, 4) is 6.07 Å². The number of carbonyl (C=O) groups excluding carboxylic acids is 4. The molecule has 0 bridgehead atoms. The number of rotatable bonds is 7. The summed E-state index contributed by atoms with van der Waals surface area (Å²) < 4.78 is 11.4. The highest BCUT2D eigenvalue weighted by Crippen LogP contribution is 2.40. The molecular weight excluding hydrogens is 470 g/mol. The maximum atomic E-state index is 13.6. The first-order valence-corrected chi connectivity index (χ1v) is 12.0. The van der Waals surface area contributed by atoms with Crippen LogP contribution in [-0.2, 0) is 28.7 Å². The van der Waals surface area contributed by atoms with E-state index >= 15 is 0 Å². The van der Waals surface area contributed by atoms with Crippen molar-refractivity contribution in [2.75, 3.05) is 5.75 Å². The van der Waals surface area contributed by atoms with Crippen LogP contribution in [0.4, 0.5) is 0 Å². The van der Waals surface area contributed by atoms with Crippen LogP contribution in [0.1, 0.15) is 30.6 Å². The second kappa shape index (κ2) is 10.6. The molecule has 2 aromatic rings. The normalized spacial score (nSPS) is 22.9. The number of esters is 2. The van der Waals surface area contributed by atoms with Gasteiger partial charge in [-0.3, -0.25) is 14.4 Å². The Morgan fingerprint density at radius 2 is 1.71 bits per heavy atom. The summed E-state index contributed by atoms with van der Waals surface area (Å²) in [6.07, 6.45) is -2.02. The maximum Gasteiger partial charge on any atom is 0.333 e. The Morgan fingerprint density at radius 3 is 2.26 bits per heavy atom. The number of benzene rings is 2. The third kappa shape index (κ3) is 5.15. The fourth-order valence-corrected chi connectivity index (χ4v) is 5.61. The fourth-order valence-electron chi connectivity index (χ4n) is 4.20. The van der Waals surface area contributed by atoms with E-state index in [1.807, 2.05) is 60.7 Å². The summed E-state index contributed by atoms with van der Waals surface area (Å²) in [4.78, 5) is 51.5. The third-order valence-electron chi connectivity index (χ3n) is 5.72. The minimum absolute atomic E-state index is 0.236. The number of fused-ring (bicyclic) bond motifs is 1. The van der Waals surface area contributed by atoms with Gasteiger partial charge in [0, 0.05) is 12.7 Å². The molecule has 2 heterocycles. The van der Waals surface area contributed by atoms with Crippen LogP contribution in [0, 0.1) is 11.3 Å². The lowest BCUT2D eigenvalue weighted by atomic mass is 9.98. The summed E-state index contributed by atoms with van der Waals surface area (Å²) >= 11 is 1.29. The van der Waals surface area contributed by atoms with E-state index in [-0.39, 0.29) is 12.2 Å². The number of ether oxygens (including phenoxy) is 2. The zero-order chi connectivity index (χ0) is 24.9. The molecule has 2 saturated heterocycles. The molecule has 0 radical (unpaired) electrons. The minimum Gasteiger partial charge on any atom is -0.459 e. The Bertz CT molecular complexity index is 1110. The van der Waals surface area contributed by atoms with Crippen LogP contribution >= 0.6 is 11.8 Å². The van der Waals surface area contributed by atoms with Gasteiger partial charge in [0.15, 0.2) is 12.1 Å². The van der Waals surface area contributed by atoms with Crippen molar-refractivity contribution < 1.29 is 28.7 Å².